The molecular weight excluding hydrogens is 372 g/mol. The van der Waals surface area contributed by atoms with Crippen LogP contribution >= 0.6 is 0 Å². The van der Waals surface area contributed by atoms with Crippen LogP contribution in [-0.4, -0.2) is 60.3 Å². The van der Waals surface area contributed by atoms with Gasteiger partial charge in [-0.15, -0.1) is 0 Å². The van der Waals surface area contributed by atoms with Gasteiger partial charge in [0, 0.05) is 45.1 Å². The third-order valence-corrected chi connectivity index (χ3v) is 3.74. The Hall–Kier alpha value is -3.38. The summed E-state index contributed by atoms with van der Waals surface area (Å²) in [5.41, 5.74) is -0.202. The van der Waals surface area contributed by atoms with E-state index in [9.17, 15) is 20.2 Å². The molecular formula is C16H20N6O6. The van der Waals surface area contributed by atoms with Gasteiger partial charge in [0.1, 0.15) is 6.33 Å². The molecule has 0 saturated heterocycles. The number of benzene rings is 1. The minimum atomic E-state index is -0.596. The van der Waals surface area contributed by atoms with Crippen molar-refractivity contribution in [1.29, 1.82) is 0 Å². The molecule has 0 spiro atoms. The van der Waals surface area contributed by atoms with Crippen LogP contribution in [0.25, 0.3) is 0 Å². The van der Waals surface area contributed by atoms with Gasteiger partial charge in [-0.25, -0.2) is 9.97 Å². The lowest BCUT2D eigenvalue weighted by atomic mass is 10.2. The summed E-state index contributed by atoms with van der Waals surface area (Å²) in [6.45, 7) is 1.37. The molecule has 1 heterocycles. The van der Waals surface area contributed by atoms with Gasteiger partial charge in [-0.3, -0.25) is 20.2 Å². The number of nitrogens with one attached hydrogen (secondary N) is 1. The molecule has 150 valence electrons. The summed E-state index contributed by atoms with van der Waals surface area (Å²) in [7, 11) is 3.05. The van der Waals surface area contributed by atoms with Gasteiger partial charge < -0.3 is 19.7 Å². The highest BCUT2D eigenvalue weighted by Gasteiger charge is 2.27. The number of hydrogen-bond acceptors (Lipinski definition) is 10. The smallest absolute Gasteiger partial charge is 0.353 e. The van der Waals surface area contributed by atoms with E-state index in [-0.39, 0.29) is 23.0 Å². The Labute approximate surface area is 160 Å². The maximum Gasteiger partial charge on any atom is 0.353 e. The van der Waals surface area contributed by atoms with Gasteiger partial charge in [0.2, 0.25) is 11.6 Å². The number of ether oxygens (including phenoxy) is 2. The van der Waals surface area contributed by atoms with Crippen LogP contribution in [0.1, 0.15) is 0 Å². The van der Waals surface area contributed by atoms with Crippen LogP contribution in [0.15, 0.2) is 30.6 Å². The van der Waals surface area contributed by atoms with Gasteiger partial charge in [0.05, 0.1) is 23.1 Å². The first kappa shape index (κ1) is 20.9. The van der Waals surface area contributed by atoms with Crippen LogP contribution in [0.2, 0.25) is 0 Å². The molecule has 0 aliphatic heterocycles. The number of aromatic nitrogens is 2. The third kappa shape index (κ3) is 5.31. The molecule has 0 saturated carbocycles. The summed E-state index contributed by atoms with van der Waals surface area (Å²) in [4.78, 5) is 31.2. The summed E-state index contributed by atoms with van der Waals surface area (Å²) < 4.78 is 10.1. The molecule has 0 fully saturated rings. The second kappa shape index (κ2) is 10.1. The van der Waals surface area contributed by atoms with Crippen molar-refractivity contribution in [3.05, 3.63) is 50.8 Å². The maximum absolute atomic E-state index is 11.7. The molecule has 12 nitrogen and oxygen atoms in total. The first-order chi connectivity index (χ1) is 13.5. The lowest BCUT2D eigenvalue weighted by Crippen LogP contribution is -2.32. The number of nitro benzene ring substituents is 1. The molecule has 0 aliphatic carbocycles. The Balaban J connectivity index is 2.42. The number of hydrogen-bond donors (Lipinski definition) is 1. The Bertz CT molecular complexity index is 825. The Morgan fingerprint density at radius 2 is 1.75 bits per heavy atom. The molecule has 0 amide bonds. The average molecular weight is 392 g/mol. The molecule has 12 heteroatoms. The predicted molar refractivity (Wildman–Crippen MR) is 101 cm³/mol. The van der Waals surface area contributed by atoms with Gasteiger partial charge in [-0.1, -0.05) is 6.07 Å². The minimum Gasteiger partial charge on any atom is -0.383 e. The van der Waals surface area contributed by atoms with E-state index in [0.717, 1.165) is 0 Å². The molecule has 0 unspecified atom stereocenters. The lowest BCUT2D eigenvalue weighted by Gasteiger charge is -2.23. The van der Waals surface area contributed by atoms with Crippen LogP contribution < -0.4 is 10.2 Å². The quantitative estimate of drug-likeness (QED) is 0.445. The molecule has 2 rings (SSSR count). The molecule has 0 atom stereocenters. The first-order valence-corrected chi connectivity index (χ1v) is 8.21. The number of nitrogens with zero attached hydrogens (tertiary/aromatic N) is 5. The number of rotatable bonds is 11. The van der Waals surface area contributed by atoms with Gasteiger partial charge >= 0.3 is 5.69 Å². The fourth-order valence-electron chi connectivity index (χ4n) is 2.42. The van der Waals surface area contributed by atoms with Crippen LogP contribution in [0.3, 0.4) is 0 Å². The highest BCUT2D eigenvalue weighted by molar-refractivity contribution is 5.75. The highest BCUT2D eigenvalue weighted by Crippen LogP contribution is 2.34. The largest absolute Gasteiger partial charge is 0.383 e. The lowest BCUT2D eigenvalue weighted by molar-refractivity contribution is -0.384. The summed E-state index contributed by atoms with van der Waals surface area (Å²) in [6, 6.07) is 5.60. The summed E-state index contributed by atoms with van der Waals surface area (Å²) >= 11 is 0. The Morgan fingerprint density at radius 3 is 2.32 bits per heavy atom. The predicted octanol–water partition coefficient (Wildman–Crippen LogP) is 2.14. The van der Waals surface area contributed by atoms with Crippen molar-refractivity contribution in [3.8, 4) is 0 Å². The van der Waals surface area contributed by atoms with Crippen LogP contribution in [0.5, 0.6) is 0 Å². The zero-order chi connectivity index (χ0) is 20.5. The monoisotopic (exact) mass is 392 g/mol. The van der Waals surface area contributed by atoms with Gasteiger partial charge in [-0.2, -0.15) is 0 Å². The van der Waals surface area contributed by atoms with E-state index in [1.54, 1.807) is 11.0 Å². The SMILES string of the molecule is COCCN(CCOC)c1ncnc(Nc2cccc([N+](=O)[O-])c2)c1[N+](=O)[O-]. The van der Waals surface area contributed by atoms with E-state index in [1.165, 1.54) is 38.7 Å². The fraction of sp³-hybridized carbons (Fsp3) is 0.375. The van der Waals surface area contributed by atoms with Crippen molar-refractivity contribution in [1.82, 2.24) is 9.97 Å². The zero-order valence-corrected chi connectivity index (χ0v) is 15.4. The van der Waals surface area contributed by atoms with E-state index in [1.807, 2.05) is 0 Å². The van der Waals surface area contributed by atoms with Crippen LogP contribution in [0, 0.1) is 20.2 Å². The minimum absolute atomic E-state index is 0.0738. The van der Waals surface area contributed by atoms with Crippen molar-refractivity contribution >= 4 is 28.7 Å². The topological polar surface area (TPSA) is 146 Å². The van der Waals surface area contributed by atoms with Gasteiger partial charge in [0.15, 0.2) is 0 Å². The molecule has 28 heavy (non-hydrogen) atoms. The normalized spacial score (nSPS) is 10.5. The first-order valence-electron chi connectivity index (χ1n) is 8.21. The van der Waals surface area contributed by atoms with Crippen molar-refractivity contribution in [2.75, 3.05) is 50.7 Å². The van der Waals surface area contributed by atoms with E-state index in [4.69, 9.17) is 9.47 Å². The molecule has 2 aromatic rings. The number of non-ortho nitro benzene ring substituents is 1. The van der Waals surface area contributed by atoms with Gasteiger partial charge in [-0.05, 0) is 6.07 Å². The number of methoxy groups -OCH3 is 2. The molecule has 0 radical (unpaired) electrons. The maximum atomic E-state index is 11.7. The van der Waals surface area contributed by atoms with Crippen LogP contribution in [0.4, 0.5) is 28.7 Å². The van der Waals surface area contributed by atoms with Crippen molar-refractivity contribution < 1.29 is 19.3 Å². The molecule has 1 N–H and O–H groups in total. The van der Waals surface area contributed by atoms with E-state index in [0.29, 0.717) is 32.0 Å². The molecule has 1 aromatic carbocycles. The number of nitro groups is 2. The van der Waals surface area contributed by atoms with E-state index >= 15 is 0 Å². The Kier molecular flexibility index (Phi) is 7.54. The fourth-order valence-corrected chi connectivity index (χ4v) is 2.42. The number of anilines is 3. The van der Waals surface area contributed by atoms with Crippen molar-refractivity contribution in [3.63, 3.8) is 0 Å². The standard InChI is InChI=1S/C16H20N6O6/c1-27-8-6-20(7-9-28-2)16-14(22(25)26)15(17-11-18-16)19-12-4-3-5-13(10-12)21(23)24/h3-5,10-11H,6-9H2,1-2H3,(H,17,18,19). The zero-order valence-electron chi connectivity index (χ0n) is 15.4. The van der Waals surface area contributed by atoms with Crippen LogP contribution in [-0.2, 0) is 9.47 Å². The van der Waals surface area contributed by atoms with E-state index in [2.05, 4.69) is 15.3 Å². The van der Waals surface area contributed by atoms with Crippen molar-refractivity contribution in [2.24, 2.45) is 0 Å². The van der Waals surface area contributed by atoms with Gasteiger partial charge in [0.25, 0.3) is 5.69 Å². The summed E-state index contributed by atoms with van der Waals surface area (Å²) in [5, 5.41) is 25.5. The second-order valence-electron chi connectivity index (χ2n) is 5.56. The highest BCUT2D eigenvalue weighted by atomic mass is 16.6. The Morgan fingerprint density at radius 1 is 1.07 bits per heavy atom. The summed E-state index contributed by atoms with van der Waals surface area (Å²) in [6.07, 6.45) is 1.19. The summed E-state index contributed by atoms with van der Waals surface area (Å²) in [5.74, 6) is 0.0253. The second-order valence-corrected chi connectivity index (χ2v) is 5.56. The third-order valence-electron chi connectivity index (χ3n) is 3.74. The molecule has 0 bridgehead atoms. The molecule has 0 aliphatic rings. The molecule has 1 aromatic heterocycles. The van der Waals surface area contributed by atoms with E-state index < -0.39 is 9.85 Å². The average Bonchev–Trinajstić information content (AvgIpc) is 2.68. The van der Waals surface area contributed by atoms with Crippen molar-refractivity contribution in [2.45, 2.75) is 0 Å².